The summed E-state index contributed by atoms with van der Waals surface area (Å²) in [5, 5.41) is 16.1. The fraction of sp³-hybridized carbons (Fsp3) is 0.368. The molecule has 3 rings (SSSR count). The van der Waals surface area contributed by atoms with Crippen LogP contribution in [0.3, 0.4) is 0 Å². The van der Waals surface area contributed by atoms with Gasteiger partial charge < -0.3 is 4.90 Å². The van der Waals surface area contributed by atoms with E-state index >= 15 is 0 Å². The van der Waals surface area contributed by atoms with Gasteiger partial charge in [0.2, 0.25) is 11.1 Å². The Morgan fingerprint density at radius 1 is 1.34 bits per heavy atom. The molecule has 1 amide bonds. The van der Waals surface area contributed by atoms with Crippen LogP contribution in [0, 0.1) is 24.0 Å². The standard InChI is InChI=1S/C19H22N6O3S/c1-11-16(13(3)24-18(20-11)21-19(22-24)29-5)10-17(26)23(4)12(2)14-7-6-8-15(9-14)25(27)28/h6-9,12H,10H2,1-5H3. The number of thioether (sulfide) groups is 1. The Hall–Kier alpha value is -3.01. The zero-order chi connectivity index (χ0) is 21.3. The Bertz CT molecular complexity index is 1100. The number of carbonyl (C=O) groups excluding carboxylic acids is 1. The van der Waals surface area contributed by atoms with Crippen molar-refractivity contribution in [2.45, 2.75) is 38.4 Å². The van der Waals surface area contributed by atoms with Crippen LogP contribution in [0.25, 0.3) is 5.78 Å². The number of aryl methyl sites for hydroxylation is 2. The van der Waals surface area contributed by atoms with Gasteiger partial charge in [-0.2, -0.15) is 4.98 Å². The molecule has 10 heteroatoms. The molecule has 0 fully saturated rings. The number of non-ortho nitro benzene ring substituents is 1. The first-order valence-electron chi connectivity index (χ1n) is 8.99. The maximum atomic E-state index is 13.0. The molecule has 1 aromatic carbocycles. The molecular formula is C19H22N6O3S. The Labute approximate surface area is 172 Å². The third-order valence-corrected chi connectivity index (χ3v) is 5.62. The molecule has 1 atom stereocenters. The van der Waals surface area contributed by atoms with Gasteiger partial charge in [0.1, 0.15) is 0 Å². The van der Waals surface area contributed by atoms with E-state index in [4.69, 9.17) is 0 Å². The molecule has 0 aliphatic rings. The fourth-order valence-electron chi connectivity index (χ4n) is 3.15. The van der Waals surface area contributed by atoms with E-state index in [1.807, 2.05) is 27.0 Å². The van der Waals surface area contributed by atoms with Crippen LogP contribution in [0.1, 0.15) is 35.5 Å². The molecule has 0 aliphatic carbocycles. The van der Waals surface area contributed by atoms with Gasteiger partial charge in [-0.15, -0.1) is 5.10 Å². The number of rotatable bonds is 6. The maximum Gasteiger partial charge on any atom is 0.269 e. The highest BCUT2D eigenvalue weighted by Crippen LogP contribution is 2.24. The summed E-state index contributed by atoms with van der Waals surface area (Å²) in [6.07, 6.45) is 2.05. The van der Waals surface area contributed by atoms with Crippen LogP contribution in [0.4, 0.5) is 5.69 Å². The highest BCUT2D eigenvalue weighted by molar-refractivity contribution is 7.98. The van der Waals surface area contributed by atoms with Gasteiger partial charge in [-0.3, -0.25) is 14.9 Å². The lowest BCUT2D eigenvalue weighted by Crippen LogP contribution is -2.31. The molecule has 0 aliphatic heterocycles. The molecule has 0 N–H and O–H groups in total. The highest BCUT2D eigenvalue weighted by atomic mass is 32.2. The minimum absolute atomic E-state index is 0.00678. The van der Waals surface area contributed by atoms with E-state index in [0.29, 0.717) is 16.5 Å². The largest absolute Gasteiger partial charge is 0.339 e. The van der Waals surface area contributed by atoms with Gasteiger partial charge >= 0.3 is 0 Å². The van der Waals surface area contributed by atoms with E-state index in [1.165, 1.54) is 23.9 Å². The van der Waals surface area contributed by atoms with Crippen LogP contribution in [-0.4, -0.2) is 48.6 Å². The van der Waals surface area contributed by atoms with Crippen molar-refractivity contribution in [3.8, 4) is 0 Å². The summed E-state index contributed by atoms with van der Waals surface area (Å²) in [6, 6.07) is 6.03. The number of likely N-dealkylation sites (N-methyl/N-ethyl adjacent to an activating group) is 1. The fourth-order valence-corrected chi connectivity index (χ4v) is 3.48. The van der Waals surface area contributed by atoms with Crippen LogP contribution in [0.15, 0.2) is 29.4 Å². The first-order valence-corrected chi connectivity index (χ1v) is 10.2. The second-order valence-corrected chi connectivity index (χ2v) is 7.55. The number of hydrogen-bond acceptors (Lipinski definition) is 7. The van der Waals surface area contributed by atoms with E-state index in [0.717, 1.165) is 17.0 Å². The molecule has 9 nitrogen and oxygen atoms in total. The van der Waals surface area contributed by atoms with Crippen LogP contribution >= 0.6 is 11.8 Å². The number of benzene rings is 1. The van der Waals surface area contributed by atoms with Gasteiger partial charge in [0.15, 0.2) is 0 Å². The molecule has 0 spiro atoms. The molecule has 3 aromatic rings. The molecule has 0 radical (unpaired) electrons. The Morgan fingerprint density at radius 3 is 2.72 bits per heavy atom. The van der Waals surface area contributed by atoms with E-state index in [1.54, 1.807) is 28.6 Å². The average molecular weight is 414 g/mol. The van der Waals surface area contributed by atoms with Crippen molar-refractivity contribution in [1.29, 1.82) is 0 Å². The summed E-state index contributed by atoms with van der Waals surface area (Å²) in [7, 11) is 1.70. The summed E-state index contributed by atoms with van der Waals surface area (Å²) >= 11 is 1.43. The number of aromatic nitrogens is 4. The topological polar surface area (TPSA) is 107 Å². The summed E-state index contributed by atoms with van der Waals surface area (Å²) in [6.45, 7) is 5.60. The predicted molar refractivity (Wildman–Crippen MR) is 110 cm³/mol. The normalized spacial score (nSPS) is 12.2. The summed E-state index contributed by atoms with van der Waals surface area (Å²) in [5.41, 5.74) is 3.08. The van der Waals surface area contributed by atoms with Crippen molar-refractivity contribution in [2.75, 3.05) is 13.3 Å². The lowest BCUT2D eigenvalue weighted by molar-refractivity contribution is -0.384. The quantitative estimate of drug-likeness (QED) is 0.346. The van der Waals surface area contributed by atoms with Gasteiger partial charge in [0, 0.05) is 36.1 Å². The first-order chi connectivity index (χ1) is 13.7. The first kappa shape index (κ1) is 20.7. The third-order valence-electron chi connectivity index (χ3n) is 5.08. The average Bonchev–Trinajstić information content (AvgIpc) is 3.13. The zero-order valence-corrected chi connectivity index (χ0v) is 17.7. The monoisotopic (exact) mass is 414 g/mol. The van der Waals surface area contributed by atoms with Crippen molar-refractivity contribution >= 4 is 29.1 Å². The van der Waals surface area contributed by atoms with E-state index < -0.39 is 4.92 Å². The molecular weight excluding hydrogens is 392 g/mol. The van der Waals surface area contributed by atoms with Gasteiger partial charge in [-0.05, 0) is 32.6 Å². The number of amides is 1. The molecule has 1 unspecified atom stereocenters. The second kappa shape index (κ2) is 8.16. The molecule has 0 saturated carbocycles. The van der Waals surface area contributed by atoms with Crippen molar-refractivity contribution in [2.24, 2.45) is 0 Å². The van der Waals surface area contributed by atoms with Crippen molar-refractivity contribution in [1.82, 2.24) is 24.5 Å². The number of hydrogen-bond donors (Lipinski definition) is 0. The van der Waals surface area contributed by atoms with Crippen LogP contribution in [-0.2, 0) is 11.2 Å². The van der Waals surface area contributed by atoms with Crippen molar-refractivity contribution in [3.05, 3.63) is 56.9 Å². The highest BCUT2D eigenvalue weighted by Gasteiger charge is 2.22. The molecule has 29 heavy (non-hydrogen) atoms. The summed E-state index contributed by atoms with van der Waals surface area (Å²) < 4.78 is 1.66. The number of nitrogens with zero attached hydrogens (tertiary/aromatic N) is 6. The molecule has 0 saturated heterocycles. The Morgan fingerprint density at radius 2 is 2.07 bits per heavy atom. The van der Waals surface area contributed by atoms with Gasteiger partial charge in [-0.25, -0.2) is 9.50 Å². The van der Waals surface area contributed by atoms with Crippen LogP contribution in [0.5, 0.6) is 0 Å². The van der Waals surface area contributed by atoms with E-state index in [9.17, 15) is 14.9 Å². The van der Waals surface area contributed by atoms with Gasteiger partial charge in [0.05, 0.1) is 17.4 Å². The van der Waals surface area contributed by atoms with E-state index in [2.05, 4.69) is 15.1 Å². The van der Waals surface area contributed by atoms with Gasteiger partial charge in [-0.1, -0.05) is 23.9 Å². The molecule has 2 heterocycles. The molecule has 2 aromatic heterocycles. The van der Waals surface area contributed by atoms with Gasteiger partial charge in [0.25, 0.3) is 11.5 Å². The zero-order valence-electron chi connectivity index (χ0n) is 16.9. The maximum absolute atomic E-state index is 13.0. The van der Waals surface area contributed by atoms with E-state index in [-0.39, 0.29) is 24.1 Å². The smallest absolute Gasteiger partial charge is 0.269 e. The Kier molecular flexibility index (Phi) is 5.83. The number of fused-ring (bicyclic) bond motifs is 1. The predicted octanol–water partition coefficient (Wildman–Crippen LogP) is 3.13. The summed E-state index contributed by atoms with van der Waals surface area (Å²) in [4.78, 5) is 34.0. The Balaban J connectivity index is 1.85. The number of carbonyl (C=O) groups is 1. The number of nitro groups is 1. The minimum Gasteiger partial charge on any atom is -0.339 e. The second-order valence-electron chi connectivity index (χ2n) is 6.78. The number of nitro benzene ring substituents is 1. The SMILES string of the molecule is CSc1nc2nc(C)c(CC(=O)N(C)C(C)c3cccc([N+](=O)[O-])c3)c(C)n2n1. The summed E-state index contributed by atoms with van der Waals surface area (Å²) in [5.74, 6) is 0.403. The lowest BCUT2D eigenvalue weighted by atomic mass is 10.0. The molecule has 0 bridgehead atoms. The third kappa shape index (κ3) is 4.07. The molecule has 152 valence electrons. The minimum atomic E-state index is -0.438. The van der Waals surface area contributed by atoms with Crippen molar-refractivity contribution in [3.63, 3.8) is 0 Å². The lowest BCUT2D eigenvalue weighted by Gasteiger charge is -2.26. The van der Waals surface area contributed by atoms with Crippen LogP contribution in [0.2, 0.25) is 0 Å². The van der Waals surface area contributed by atoms with Crippen LogP contribution < -0.4 is 0 Å². The van der Waals surface area contributed by atoms with Crippen molar-refractivity contribution < 1.29 is 9.72 Å².